The fraction of sp³-hybridized carbons (Fsp3) is 0.286. The smallest absolute Gasteiger partial charge is 0.329 e. The number of carbonyl (C=O) groups is 2. The monoisotopic (exact) mass is 761 g/mol. The highest BCUT2D eigenvalue weighted by Gasteiger charge is 2.32. The van der Waals surface area contributed by atoms with Crippen LogP contribution in [-0.4, -0.2) is 75.0 Å². The molecule has 17 heteroatoms. The van der Waals surface area contributed by atoms with Gasteiger partial charge < -0.3 is 19.5 Å². The van der Waals surface area contributed by atoms with Gasteiger partial charge in [-0.05, 0) is 57.9 Å². The Hall–Kier alpha value is -2.79. The van der Waals surface area contributed by atoms with Crippen LogP contribution in [0.25, 0.3) is 0 Å². The van der Waals surface area contributed by atoms with E-state index in [1.165, 1.54) is 54.7 Å². The average molecular weight is 763 g/mol. The highest BCUT2D eigenvalue weighted by molar-refractivity contribution is 9.10. The van der Waals surface area contributed by atoms with Crippen molar-refractivity contribution >= 4 is 78.9 Å². The van der Waals surface area contributed by atoms with E-state index in [1.54, 1.807) is 16.6 Å². The fourth-order valence-electron chi connectivity index (χ4n) is 4.61. The van der Waals surface area contributed by atoms with Crippen molar-refractivity contribution < 1.29 is 31.9 Å². The molecular formula is C28H27BrCl2FN5O6S2. The van der Waals surface area contributed by atoms with Crippen molar-refractivity contribution in [2.75, 3.05) is 44.2 Å². The molecule has 0 aromatic heterocycles. The summed E-state index contributed by atoms with van der Waals surface area (Å²) in [7, 11) is -4.23. The summed E-state index contributed by atoms with van der Waals surface area (Å²) in [5.74, 6) is -2.04. The number of hydrogen-bond donors (Lipinski definition) is 3. The second-order valence-corrected chi connectivity index (χ2v) is 14.1. The van der Waals surface area contributed by atoms with Gasteiger partial charge in [-0.3, -0.25) is 18.7 Å². The summed E-state index contributed by atoms with van der Waals surface area (Å²) in [6.07, 6.45) is 6.16. The van der Waals surface area contributed by atoms with Gasteiger partial charge in [-0.2, -0.15) is 0 Å². The van der Waals surface area contributed by atoms with Crippen molar-refractivity contribution in [1.29, 1.82) is 0 Å². The van der Waals surface area contributed by atoms with Crippen LogP contribution in [0.4, 0.5) is 10.1 Å². The average Bonchev–Trinajstić information content (AvgIpc) is 3.50. The van der Waals surface area contributed by atoms with Crippen molar-refractivity contribution in [3.05, 3.63) is 96.9 Å². The molecular weight excluding hydrogens is 736 g/mol. The number of nitrogens with zero attached hydrogens (tertiary/aromatic N) is 2. The van der Waals surface area contributed by atoms with Crippen LogP contribution in [-0.2, 0) is 30.7 Å². The molecule has 0 aliphatic carbocycles. The van der Waals surface area contributed by atoms with Crippen molar-refractivity contribution in [1.82, 2.24) is 19.2 Å². The predicted molar refractivity (Wildman–Crippen MR) is 174 cm³/mol. The Morgan fingerprint density at radius 2 is 1.93 bits per heavy atom. The Kier molecular flexibility index (Phi) is 11.0. The second kappa shape index (κ2) is 14.8. The summed E-state index contributed by atoms with van der Waals surface area (Å²) in [6, 6.07) is 5.42. The number of fused-ring (bicyclic) bond motifs is 1. The van der Waals surface area contributed by atoms with Crippen LogP contribution in [0.15, 0.2) is 70.0 Å². The van der Waals surface area contributed by atoms with Gasteiger partial charge in [0.25, 0.3) is 15.9 Å². The Bertz CT molecular complexity index is 1690. The molecule has 3 aliphatic heterocycles. The minimum Gasteiger partial charge on any atom is -0.463 e. The Morgan fingerprint density at radius 3 is 2.69 bits per heavy atom. The molecule has 1 atom stereocenters. The van der Waals surface area contributed by atoms with Gasteiger partial charge in [0.1, 0.15) is 23.4 Å². The molecule has 2 aromatic rings. The number of rotatable bonds is 11. The van der Waals surface area contributed by atoms with E-state index in [1.807, 2.05) is 0 Å². The van der Waals surface area contributed by atoms with Gasteiger partial charge in [-0.1, -0.05) is 29.3 Å². The summed E-state index contributed by atoms with van der Waals surface area (Å²) in [4.78, 5) is 29.0. The van der Waals surface area contributed by atoms with Crippen molar-refractivity contribution in [2.45, 2.75) is 12.5 Å². The normalized spacial score (nSPS) is 17.1. The number of esters is 1. The summed E-state index contributed by atoms with van der Waals surface area (Å²) in [6.45, 7) is 3.12. The van der Waals surface area contributed by atoms with Crippen LogP contribution in [0.3, 0.4) is 0 Å². The van der Waals surface area contributed by atoms with Gasteiger partial charge in [0.2, 0.25) is 0 Å². The number of benzene rings is 2. The van der Waals surface area contributed by atoms with Gasteiger partial charge in [-0.25, -0.2) is 17.6 Å². The number of sulfonamides is 1. The van der Waals surface area contributed by atoms with Gasteiger partial charge in [0.05, 0.1) is 56.8 Å². The predicted octanol–water partition coefficient (Wildman–Crippen LogP) is 4.57. The van der Waals surface area contributed by atoms with E-state index in [0.717, 1.165) is 0 Å². The van der Waals surface area contributed by atoms with E-state index in [2.05, 4.69) is 35.6 Å². The molecule has 5 rings (SSSR count). The van der Waals surface area contributed by atoms with Gasteiger partial charge in [0, 0.05) is 38.5 Å². The molecule has 0 bridgehead atoms. The first kappa shape index (κ1) is 33.6. The van der Waals surface area contributed by atoms with Gasteiger partial charge in [0.15, 0.2) is 0 Å². The number of amides is 1. The third-order valence-corrected chi connectivity index (χ3v) is 10.4. The molecule has 1 saturated heterocycles. The molecule has 3 heterocycles. The fourth-order valence-corrected chi connectivity index (χ4v) is 7.34. The van der Waals surface area contributed by atoms with Crippen LogP contribution >= 0.6 is 51.3 Å². The van der Waals surface area contributed by atoms with E-state index in [4.69, 9.17) is 32.7 Å². The summed E-state index contributed by atoms with van der Waals surface area (Å²) < 4.78 is 58.9. The zero-order valence-electron chi connectivity index (χ0n) is 23.4. The van der Waals surface area contributed by atoms with E-state index < -0.39 is 33.8 Å². The summed E-state index contributed by atoms with van der Waals surface area (Å²) >= 11 is 16.8. The third-order valence-electron chi connectivity index (χ3n) is 6.91. The number of hydrogen-bond acceptors (Lipinski definition) is 10. The first-order valence-electron chi connectivity index (χ1n) is 13.6. The standard InChI is InChI=1S/C28H27BrCl2FN5O6S2/c29-19-12-17(3-4-22(19)32)13-24(28(39)43-11-8-36-6-9-42-10-7-36)34-27(38)18-14-20(30)21(31)15-23(18)35-45(40,41)26-2-1-5-37-25(26)16-33-44-37/h1-5,12,14-16,24,33,35H,6-11,13H2,(H,34,38)/t24-/m0/s1. The number of carbonyl (C=O) groups excluding carboxylic acids is 2. The number of ether oxygens (including phenoxy) is 2. The molecule has 240 valence electrons. The molecule has 1 amide bonds. The van der Waals surface area contributed by atoms with Crippen LogP contribution in [0, 0.1) is 5.82 Å². The first-order valence-corrected chi connectivity index (χ1v) is 17.4. The number of morpholine rings is 1. The van der Waals surface area contributed by atoms with Crippen LogP contribution in [0.5, 0.6) is 0 Å². The van der Waals surface area contributed by atoms with E-state index in [0.29, 0.717) is 44.1 Å². The molecule has 0 radical (unpaired) electrons. The molecule has 45 heavy (non-hydrogen) atoms. The number of nitrogens with one attached hydrogen (secondary N) is 3. The van der Waals surface area contributed by atoms with Gasteiger partial charge >= 0.3 is 5.97 Å². The number of anilines is 1. The molecule has 0 unspecified atom stereocenters. The lowest BCUT2D eigenvalue weighted by Gasteiger charge is -2.26. The summed E-state index contributed by atoms with van der Waals surface area (Å²) in [5, 5.41) is 2.63. The highest BCUT2D eigenvalue weighted by Crippen LogP contribution is 2.36. The van der Waals surface area contributed by atoms with Crippen molar-refractivity contribution in [3.8, 4) is 0 Å². The molecule has 0 spiro atoms. The number of halogens is 4. The van der Waals surface area contributed by atoms with Crippen LogP contribution < -0.4 is 14.8 Å². The van der Waals surface area contributed by atoms with Crippen LogP contribution in [0.2, 0.25) is 10.0 Å². The molecule has 3 N–H and O–H groups in total. The topological polar surface area (TPSA) is 129 Å². The van der Waals surface area contributed by atoms with E-state index in [9.17, 15) is 22.4 Å². The zero-order chi connectivity index (χ0) is 32.1. The maximum Gasteiger partial charge on any atom is 0.329 e. The van der Waals surface area contributed by atoms with E-state index >= 15 is 0 Å². The minimum absolute atomic E-state index is 0.00222. The molecule has 2 aromatic carbocycles. The SMILES string of the molecule is O=C(N[C@@H](Cc1ccc(F)c(Br)c1)C(=O)OCCN1CCOCC1)c1cc(Cl)c(Cl)cc1NS(=O)(=O)C1=CC=CN2SNC=C12. The second-order valence-electron chi connectivity index (χ2n) is 9.95. The Morgan fingerprint density at radius 1 is 1.18 bits per heavy atom. The lowest BCUT2D eigenvalue weighted by atomic mass is 10.0. The largest absolute Gasteiger partial charge is 0.463 e. The van der Waals surface area contributed by atoms with Crippen molar-refractivity contribution in [3.63, 3.8) is 0 Å². The third kappa shape index (κ3) is 8.33. The van der Waals surface area contributed by atoms with E-state index in [-0.39, 0.29) is 43.7 Å². The molecule has 3 aliphatic rings. The Balaban J connectivity index is 1.38. The number of allylic oxidation sites excluding steroid dienone is 2. The first-order chi connectivity index (χ1) is 21.5. The van der Waals surface area contributed by atoms with Crippen LogP contribution in [0.1, 0.15) is 15.9 Å². The van der Waals surface area contributed by atoms with Crippen molar-refractivity contribution in [2.24, 2.45) is 0 Å². The minimum atomic E-state index is -4.23. The molecule has 1 fully saturated rings. The van der Waals surface area contributed by atoms with Gasteiger partial charge in [-0.15, -0.1) is 0 Å². The summed E-state index contributed by atoms with van der Waals surface area (Å²) in [5.41, 5.74) is 0.571. The quantitative estimate of drug-likeness (QED) is 0.221. The lowest BCUT2D eigenvalue weighted by molar-refractivity contribution is -0.146. The lowest BCUT2D eigenvalue weighted by Crippen LogP contribution is -2.45. The molecule has 11 nitrogen and oxygen atoms in total. The maximum atomic E-state index is 13.9. The maximum absolute atomic E-state index is 13.9. The molecule has 0 saturated carbocycles. The Labute approximate surface area is 282 Å². The highest BCUT2D eigenvalue weighted by atomic mass is 79.9. The zero-order valence-corrected chi connectivity index (χ0v) is 28.1.